The molecule has 0 radical (unpaired) electrons. The molecule has 0 aliphatic heterocycles. The molecule has 1 amide bonds. The summed E-state index contributed by atoms with van der Waals surface area (Å²) in [5, 5.41) is 5.21. The highest BCUT2D eigenvalue weighted by molar-refractivity contribution is 6.05. The third kappa shape index (κ3) is 4.38. The number of benzene rings is 4. The Morgan fingerprint density at radius 3 is 2.39 bits per heavy atom. The fourth-order valence-corrected chi connectivity index (χ4v) is 3.13. The van der Waals surface area contributed by atoms with E-state index in [1.165, 1.54) is 5.56 Å². The van der Waals surface area contributed by atoms with Gasteiger partial charge in [0.1, 0.15) is 5.75 Å². The van der Waals surface area contributed by atoms with Gasteiger partial charge in [0.15, 0.2) is 0 Å². The lowest BCUT2D eigenvalue weighted by Crippen LogP contribution is -2.12. The summed E-state index contributed by atoms with van der Waals surface area (Å²) in [4.78, 5) is 12.6. The first-order chi connectivity index (χ1) is 13.8. The van der Waals surface area contributed by atoms with Gasteiger partial charge in [-0.3, -0.25) is 4.79 Å². The zero-order chi connectivity index (χ0) is 19.2. The van der Waals surface area contributed by atoms with Crippen LogP contribution in [-0.4, -0.2) is 12.5 Å². The zero-order valence-electron chi connectivity index (χ0n) is 15.5. The number of carbonyl (C=O) groups is 1. The second-order valence-corrected chi connectivity index (χ2v) is 6.63. The van der Waals surface area contributed by atoms with Crippen LogP contribution in [0, 0.1) is 0 Å². The number of ether oxygens (including phenoxy) is 1. The monoisotopic (exact) mass is 367 g/mol. The molecule has 0 heterocycles. The van der Waals surface area contributed by atoms with Crippen molar-refractivity contribution in [3.63, 3.8) is 0 Å². The number of nitrogens with one attached hydrogen (secondary N) is 1. The lowest BCUT2D eigenvalue weighted by atomic mass is 10.1. The zero-order valence-corrected chi connectivity index (χ0v) is 15.5. The Balaban J connectivity index is 1.40. The molecule has 0 aliphatic rings. The number of hydrogen-bond acceptors (Lipinski definition) is 2. The van der Waals surface area contributed by atoms with Crippen molar-refractivity contribution in [1.29, 1.82) is 0 Å². The van der Waals surface area contributed by atoms with Gasteiger partial charge < -0.3 is 10.1 Å². The normalized spacial score (nSPS) is 10.6. The molecule has 3 nitrogen and oxygen atoms in total. The van der Waals surface area contributed by atoms with Crippen molar-refractivity contribution in [2.45, 2.75) is 6.42 Å². The van der Waals surface area contributed by atoms with E-state index in [2.05, 4.69) is 23.5 Å². The smallest absolute Gasteiger partial charge is 0.255 e. The van der Waals surface area contributed by atoms with Crippen LogP contribution in [0.4, 0.5) is 5.69 Å². The minimum Gasteiger partial charge on any atom is -0.493 e. The van der Waals surface area contributed by atoms with Gasteiger partial charge in [0.2, 0.25) is 0 Å². The fourth-order valence-electron chi connectivity index (χ4n) is 3.13. The SMILES string of the molecule is O=C(Nc1ccc2ccccc2c1)c1cccc(OCCc2ccccc2)c1. The second-order valence-electron chi connectivity index (χ2n) is 6.63. The van der Waals surface area contributed by atoms with Crippen LogP contribution in [0.3, 0.4) is 0 Å². The summed E-state index contributed by atoms with van der Waals surface area (Å²) in [5.74, 6) is 0.547. The molecule has 0 aromatic heterocycles. The van der Waals surface area contributed by atoms with Crippen LogP contribution in [0.25, 0.3) is 10.8 Å². The highest BCUT2D eigenvalue weighted by Gasteiger charge is 2.08. The number of fused-ring (bicyclic) bond motifs is 1. The van der Waals surface area contributed by atoms with Crippen LogP contribution < -0.4 is 10.1 Å². The van der Waals surface area contributed by atoms with Crippen molar-refractivity contribution in [3.8, 4) is 5.75 Å². The Labute approximate surface area is 164 Å². The van der Waals surface area contributed by atoms with E-state index in [1.807, 2.05) is 66.7 Å². The van der Waals surface area contributed by atoms with Gasteiger partial charge in [0.25, 0.3) is 5.91 Å². The predicted octanol–water partition coefficient (Wildman–Crippen LogP) is 5.71. The first kappa shape index (κ1) is 17.8. The van der Waals surface area contributed by atoms with Gasteiger partial charge in [-0.2, -0.15) is 0 Å². The molecule has 0 bridgehead atoms. The Kier molecular flexibility index (Phi) is 5.34. The summed E-state index contributed by atoms with van der Waals surface area (Å²) in [7, 11) is 0. The lowest BCUT2D eigenvalue weighted by molar-refractivity contribution is 0.102. The molecule has 0 unspecified atom stereocenters. The molecule has 1 N–H and O–H groups in total. The molecule has 0 fully saturated rings. The first-order valence-electron chi connectivity index (χ1n) is 9.35. The highest BCUT2D eigenvalue weighted by Crippen LogP contribution is 2.20. The van der Waals surface area contributed by atoms with Crippen molar-refractivity contribution in [2.24, 2.45) is 0 Å². The van der Waals surface area contributed by atoms with Gasteiger partial charge in [-0.1, -0.05) is 66.7 Å². The molecule has 0 saturated heterocycles. The average molecular weight is 367 g/mol. The van der Waals surface area contributed by atoms with E-state index in [-0.39, 0.29) is 5.91 Å². The third-order valence-corrected chi connectivity index (χ3v) is 4.61. The maximum atomic E-state index is 12.6. The van der Waals surface area contributed by atoms with E-state index in [0.29, 0.717) is 17.9 Å². The van der Waals surface area contributed by atoms with Crippen LogP contribution in [-0.2, 0) is 6.42 Å². The van der Waals surface area contributed by atoms with Crippen LogP contribution in [0.5, 0.6) is 5.75 Å². The van der Waals surface area contributed by atoms with Gasteiger partial charge in [-0.15, -0.1) is 0 Å². The Morgan fingerprint density at radius 1 is 0.750 bits per heavy atom. The second kappa shape index (κ2) is 8.40. The molecule has 4 rings (SSSR count). The lowest BCUT2D eigenvalue weighted by Gasteiger charge is -2.09. The van der Waals surface area contributed by atoms with E-state index in [0.717, 1.165) is 22.9 Å². The number of rotatable bonds is 6. The Morgan fingerprint density at radius 2 is 1.54 bits per heavy atom. The first-order valence-corrected chi connectivity index (χ1v) is 9.35. The standard InChI is InChI=1S/C25H21NO2/c27-25(26-23-14-13-20-9-4-5-10-21(20)17-23)22-11-6-12-24(18-22)28-16-15-19-7-2-1-3-8-19/h1-14,17-18H,15-16H2,(H,26,27). The summed E-state index contributed by atoms with van der Waals surface area (Å²) in [6, 6.07) is 31.5. The van der Waals surface area contributed by atoms with Gasteiger partial charge in [0, 0.05) is 17.7 Å². The molecule has 28 heavy (non-hydrogen) atoms. The molecule has 138 valence electrons. The van der Waals surface area contributed by atoms with Crippen molar-refractivity contribution in [2.75, 3.05) is 11.9 Å². The van der Waals surface area contributed by atoms with Crippen LogP contribution in [0.2, 0.25) is 0 Å². The van der Waals surface area contributed by atoms with E-state index in [1.54, 1.807) is 12.1 Å². The number of amides is 1. The molecule has 0 saturated carbocycles. The maximum absolute atomic E-state index is 12.6. The van der Waals surface area contributed by atoms with E-state index in [9.17, 15) is 4.79 Å². The van der Waals surface area contributed by atoms with E-state index < -0.39 is 0 Å². The largest absolute Gasteiger partial charge is 0.493 e. The van der Waals surface area contributed by atoms with Crippen molar-refractivity contribution in [3.05, 3.63) is 108 Å². The van der Waals surface area contributed by atoms with Crippen LogP contribution in [0.1, 0.15) is 15.9 Å². The summed E-state index contributed by atoms with van der Waals surface area (Å²) in [6.07, 6.45) is 0.828. The summed E-state index contributed by atoms with van der Waals surface area (Å²) in [6.45, 7) is 0.569. The van der Waals surface area contributed by atoms with Gasteiger partial charge in [-0.25, -0.2) is 0 Å². The van der Waals surface area contributed by atoms with Crippen molar-refractivity contribution in [1.82, 2.24) is 0 Å². The Hall–Kier alpha value is -3.59. The molecule has 3 heteroatoms. The maximum Gasteiger partial charge on any atom is 0.255 e. The molecule has 0 atom stereocenters. The predicted molar refractivity (Wildman–Crippen MR) is 114 cm³/mol. The summed E-state index contributed by atoms with van der Waals surface area (Å²) < 4.78 is 5.83. The molecular formula is C25H21NO2. The quantitative estimate of drug-likeness (QED) is 0.474. The summed E-state index contributed by atoms with van der Waals surface area (Å²) >= 11 is 0. The average Bonchev–Trinajstić information content (AvgIpc) is 2.75. The highest BCUT2D eigenvalue weighted by atomic mass is 16.5. The molecule has 4 aromatic carbocycles. The van der Waals surface area contributed by atoms with E-state index in [4.69, 9.17) is 4.74 Å². The van der Waals surface area contributed by atoms with Crippen molar-refractivity contribution < 1.29 is 9.53 Å². The summed E-state index contributed by atoms with van der Waals surface area (Å²) in [5.41, 5.74) is 2.58. The minimum absolute atomic E-state index is 0.149. The van der Waals surface area contributed by atoms with Gasteiger partial charge in [0.05, 0.1) is 6.61 Å². The molecule has 0 spiro atoms. The van der Waals surface area contributed by atoms with Crippen LogP contribution >= 0.6 is 0 Å². The third-order valence-electron chi connectivity index (χ3n) is 4.61. The van der Waals surface area contributed by atoms with Crippen molar-refractivity contribution >= 4 is 22.4 Å². The molecule has 4 aromatic rings. The van der Waals surface area contributed by atoms with Gasteiger partial charge in [-0.05, 0) is 46.7 Å². The fraction of sp³-hybridized carbons (Fsp3) is 0.0800. The molecular weight excluding hydrogens is 346 g/mol. The van der Waals surface area contributed by atoms with Crippen LogP contribution in [0.15, 0.2) is 97.1 Å². The minimum atomic E-state index is -0.149. The number of anilines is 1. The van der Waals surface area contributed by atoms with E-state index >= 15 is 0 Å². The molecule has 0 aliphatic carbocycles. The number of carbonyl (C=O) groups excluding carboxylic acids is 1. The Bertz CT molecular complexity index is 1090. The topological polar surface area (TPSA) is 38.3 Å². The number of hydrogen-bond donors (Lipinski definition) is 1. The van der Waals surface area contributed by atoms with Gasteiger partial charge >= 0.3 is 0 Å².